The van der Waals surface area contributed by atoms with E-state index in [-0.39, 0.29) is 0 Å². The average molecular weight is 371 g/mol. The molecule has 3 heterocycles. The monoisotopic (exact) mass is 371 g/mol. The van der Waals surface area contributed by atoms with Gasteiger partial charge in [0.05, 0.1) is 12.2 Å². The minimum atomic E-state index is 0.299. The van der Waals surface area contributed by atoms with Crippen molar-refractivity contribution in [3.8, 4) is 16.9 Å². The van der Waals surface area contributed by atoms with Gasteiger partial charge in [0.25, 0.3) is 0 Å². The van der Waals surface area contributed by atoms with E-state index in [1.807, 2.05) is 19.2 Å². The maximum atomic E-state index is 5.99. The standard InChI is InChI=1S/C22H21N5O/c1-14-10-21(26-22(23)25-14)27-8-9-28-20-5-4-16(11-18(20)13-27)17-3-2-15-6-7-24-19(15)12-17/h2-5,7,10-12H,6,8-9,13H2,1H3,(H2,23,25,26). The van der Waals surface area contributed by atoms with Crippen molar-refractivity contribution < 1.29 is 4.74 Å². The van der Waals surface area contributed by atoms with Crippen LogP contribution in [-0.4, -0.2) is 29.3 Å². The molecular weight excluding hydrogens is 350 g/mol. The van der Waals surface area contributed by atoms with Crippen LogP contribution in [0.5, 0.6) is 5.75 Å². The first-order valence-corrected chi connectivity index (χ1v) is 9.43. The number of aromatic nitrogens is 2. The summed E-state index contributed by atoms with van der Waals surface area (Å²) in [6.07, 6.45) is 2.89. The van der Waals surface area contributed by atoms with Crippen LogP contribution in [0.1, 0.15) is 16.8 Å². The molecule has 0 unspecified atom stereocenters. The number of benzene rings is 2. The summed E-state index contributed by atoms with van der Waals surface area (Å²) in [5.41, 5.74) is 12.5. The van der Waals surface area contributed by atoms with Gasteiger partial charge < -0.3 is 15.4 Å². The first-order chi connectivity index (χ1) is 13.7. The number of anilines is 2. The van der Waals surface area contributed by atoms with Gasteiger partial charge in [0.1, 0.15) is 18.2 Å². The molecule has 28 heavy (non-hydrogen) atoms. The van der Waals surface area contributed by atoms with E-state index in [0.29, 0.717) is 19.1 Å². The van der Waals surface area contributed by atoms with Gasteiger partial charge in [0.2, 0.25) is 5.95 Å². The molecule has 0 aliphatic carbocycles. The third-order valence-corrected chi connectivity index (χ3v) is 5.18. The smallest absolute Gasteiger partial charge is 0.222 e. The van der Waals surface area contributed by atoms with Crippen LogP contribution in [0.3, 0.4) is 0 Å². The molecule has 0 radical (unpaired) electrons. The molecule has 0 amide bonds. The Balaban J connectivity index is 1.50. The molecule has 6 nitrogen and oxygen atoms in total. The molecular formula is C22H21N5O. The molecule has 1 aromatic heterocycles. The lowest BCUT2D eigenvalue weighted by atomic mass is 10.00. The molecule has 2 N–H and O–H groups in total. The Bertz CT molecular complexity index is 1070. The van der Waals surface area contributed by atoms with E-state index in [1.165, 1.54) is 11.1 Å². The molecule has 2 aliphatic heterocycles. The molecule has 0 atom stereocenters. The molecule has 0 saturated heterocycles. The molecule has 6 heteroatoms. The van der Waals surface area contributed by atoms with Crippen LogP contribution in [0.2, 0.25) is 0 Å². The lowest BCUT2D eigenvalue weighted by Crippen LogP contribution is -2.26. The second-order valence-corrected chi connectivity index (χ2v) is 7.18. The van der Waals surface area contributed by atoms with Crippen molar-refractivity contribution >= 4 is 23.7 Å². The Hall–Kier alpha value is -3.41. The Morgan fingerprint density at radius 1 is 1.00 bits per heavy atom. The Labute approximate surface area is 163 Å². The van der Waals surface area contributed by atoms with Crippen LogP contribution in [0, 0.1) is 6.92 Å². The highest BCUT2D eigenvalue weighted by Gasteiger charge is 2.19. The molecule has 0 bridgehead atoms. The zero-order chi connectivity index (χ0) is 19.1. The largest absolute Gasteiger partial charge is 0.491 e. The van der Waals surface area contributed by atoms with Gasteiger partial charge in [-0.15, -0.1) is 0 Å². The molecule has 0 spiro atoms. The number of hydrogen-bond acceptors (Lipinski definition) is 6. The number of aryl methyl sites for hydroxylation is 1. The van der Waals surface area contributed by atoms with E-state index in [4.69, 9.17) is 10.5 Å². The number of rotatable bonds is 2. The lowest BCUT2D eigenvalue weighted by Gasteiger charge is -2.21. The van der Waals surface area contributed by atoms with Gasteiger partial charge in [-0.3, -0.25) is 4.99 Å². The maximum absolute atomic E-state index is 5.99. The normalized spacial score (nSPS) is 15.0. The van der Waals surface area contributed by atoms with Gasteiger partial charge in [-0.2, -0.15) is 4.98 Å². The number of fused-ring (bicyclic) bond motifs is 2. The Morgan fingerprint density at radius 2 is 1.86 bits per heavy atom. The van der Waals surface area contributed by atoms with Crippen molar-refractivity contribution in [2.24, 2.45) is 4.99 Å². The number of aliphatic imine (C=N–C) groups is 1. The van der Waals surface area contributed by atoms with E-state index >= 15 is 0 Å². The topological polar surface area (TPSA) is 76.6 Å². The lowest BCUT2D eigenvalue weighted by molar-refractivity contribution is 0.331. The fourth-order valence-corrected chi connectivity index (χ4v) is 3.78. The van der Waals surface area contributed by atoms with E-state index in [1.54, 1.807) is 0 Å². The summed E-state index contributed by atoms with van der Waals surface area (Å²) in [6, 6.07) is 14.8. The zero-order valence-electron chi connectivity index (χ0n) is 15.7. The van der Waals surface area contributed by atoms with Crippen molar-refractivity contribution in [1.29, 1.82) is 0 Å². The quantitative estimate of drug-likeness (QED) is 0.743. The van der Waals surface area contributed by atoms with E-state index in [0.717, 1.165) is 47.0 Å². The van der Waals surface area contributed by atoms with Gasteiger partial charge in [0, 0.05) is 36.5 Å². The predicted molar refractivity (Wildman–Crippen MR) is 111 cm³/mol. The fourth-order valence-electron chi connectivity index (χ4n) is 3.78. The minimum absolute atomic E-state index is 0.299. The zero-order valence-corrected chi connectivity index (χ0v) is 15.7. The first-order valence-electron chi connectivity index (χ1n) is 9.43. The average Bonchev–Trinajstić information content (AvgIpc) is 3.04. The molecule has 0 saturated carbocycles. The van der Waals surface area contributed by atoms with Crippen LogP contribution < -0.4 is 15.4 Å². The number of nitrogen functional groups attached to an aromatic ring is 1. The molecule has 5 rings (SSSR count). The second-order valence-electron chi connectivity index (χ2n) is 7.18. The molecule has 0 fully saturated rings. The molecule has 2 aromatic carbocycles. The summed E-state index contributed by atoms with van der Waals surface area (Å²) in [6.45, 7) is 3.98. The summed E-state index contributed by atoms with van der Waals surface area (Å²) < 4.78 is 5.99. The van der Waals surface area contributed by atoms with Crippen LogP contribution in [0.25, 0.3) is 11.1 Å². The number of hydrogen-bond donors (Lipinski definition) is 1. The Kier molecular flexibility index (Phi) is 3.97. The first kappa shape index (κ1) is 16.7. The number of nitrogens with zero attached hydrogens (tertiary/aromatic N) is 4. The van der Waals surface area contributed by atoms with Crippen LogP contribution >= 0.6 is 0 Å². The predicted octanol–water partition coefficient (Wildman–Crippen LogP) is 3.69. The fraction of sp³-hybridized carbons (Fsp3) is 0.227. The van der Waals surface area contributed by atoms with Crippen LogP contribution in [-0.2, 0) is 13.0 Å². The van der Waals surface area contributed by atoms with Gasteiger partial charge in [-0.1, -0.05) is 18.2 Å². The summed E-state index contributed by atoms with van der Waals surface area (Å²) in [5.74, 6) is 2.05. The van der Waals surface area contributed by atoms with Crippen molar-refractivity contribution in [1.82, 2.24) is 9.97 Å². The Morgan fingerprint density at radius 3 is 2.75 bits per heavy atom. The maximum Gasteiger partial charge on any atom is 0.222 e. The van der Waals surface area contributed by atoms with Crippen molar-refractivity contribution in [3.05, 3.63) is 59.3 Å². The third kappa shape index (κ3) is 3.07. The SMILES string of the molecule is Cc1cc(N2CCOc3ccc(-c4ccc5c(c4)N=CC5)cc3C2)nc(N)n1. The van der Waals surface area contributed by atoms with Crippen molar-refractivity contribution in [3.63, 3.8) is 0 Å². The van der Waals surface area contributed by atoms with Gasteiger partial charge in [-0.05, 0) is 41.8 Å². The number of nitrogens with two attached hydrogens (primary N) is 1. The van der Waals surface area contributed by atoms with Crippen LogP contribution in [0.4, 0.5) is 17.5 Å². The molecule has 140 valence electrons. The summed E-state index contributed by atoms with van der Waals surface area (Å²) in [7, 11) is 0. The van der Waals surface area contributed by atoms with Crippen molar-refractivity contribution in [2.75, 3.05) is 23.8 Å². The second kappa shape index (κ2) is 6.64. The van der Waals surface area contributed by atoms with Crippen molar-refractivity contribution in [2.45, 2.75) is 19.9 Å². The highest BCUT2D eigenvalue weighted by molar-refractivity contribution is 5.79. The molecule has 2 aliphatic rings. The van der Waals surface area contributed by atoms with Gasteiger partial charge in [0.15, 0.2) is 0 Å². The molecule has 3 aromatic rings. The third-order valence-electron chi connectivity index (χ3n) is 5.18. The highest BCUT2D eigenvalue weighted by atomic mass is 16.5. The summed E-state index contributed by atoms with van der Waals surface area (Å²) >= 11 is 0. The summed E-state index contributed by atoms with van der Waals surface area (Å²) in [5, 5.41) is 0. The number of ether oxygens (including phenoxy) is 1. The van der Waals surface area contributed by atoms with Crippen LogP contribution in [0.15, 0.2) is 47.5 Å². The highest BCUT2D eigenvalue weighted by Crippen LogP contribution is 2.34. The minimum Gasteiger partial charge on any atom is -0.491 e. The van der Waals surface area contributed by atoms with E-state index in [2.05, 4.69) is 56.3 Å². The summed E-state index contributed by atoms with van der Waals surface area (Å²) in [4.78, 5) is 15.3. The van der Waals surface area contributed by atoms with E-state index in [9.17, 15) is 0 Å². The van der Waals surface area contributed by atoms with E-state index < -0.39 is 0 Å². The van der Waals surface area contributed by atoms with Gasteiger partial charge in [-0.25, -0.2) is 4.98 Å². The van der Waals surface area contributed by atoms with Gasteiger partial charge >= 0.3 is 0 Å².